The van der Waals surface area contributed by atoms with Gasteiger partial charge in [-0.05, 0) is 36.1 Å². The lowest BCUT2D eigenvalue weighted by Gasteiger charge is -2.06. The number of hydrazone groups is 1. The highest BCUT2D eigenvalue weighted by atomic mass is 16.2. The summed E-state index contributed by atoms with van der Waals surface area (Å²) in [6, 6.07) is 17.5. The molecule has 1 aromatic heterocycles. The molecule has 4 heteroatoms. The molecule has 0 aliphatic rings. The molecule has 1 heterocycles. The summed E-state index contributed by atoms with van der Waals surface area (Å²) in [5.41, 5.74) is 7.02. The molecule has 0 aliphatic heterocycles. The summed E-state index contributed by atoms with van der Waals surface area (Å²) in [5.74, 6) is 0.255. The van der Waals surface area contributed by atoms with Crippen LogP contribution >= 0.6 is 0 Å². The molecule has 0 spiro atoms. The van der Waals surface area contributed by atoms with E-state index in [2.05, 4.69) is 41.5 Å². The fourth-order valence-corrected chi connectivity index (χ4v) is 2.69. The zero-order valence-corrected chi connectivity index (χ0v) is 14.7. The molecule has 0 saturated heterocycles. The lowest BCUT2D eigenvalue weighted by molar-refractivity contribution is 0.0956. The molecule has 0 bridgehead atoms. The topological polar surface area (TPSA) is 54.4 Å². The average Bonchev–Trinajstić information content (AvgIpc) is 2.61. The van der Waals surface area contributed by atoms with Gasteiger partial charge in [-0.2, -0.15) is 5.10 Å². The van der Waals surface area contributed by atoms with Gasteiger partial charge in [0.2, 0.25) is 0 Å². The van der Waals surface area contributed by atoms with Crippen LogP contribution in [0.1, 0.15) is 46.9 Å². The van der Waals surface area contributed by atoms with Crippen LogP contribution in [0.15, 0.2) is 59.7 Å². The second-order valence-electron chi connectivity index (χ2n) is 6.35. The SMILES string of the molecule is Cc1cc(C(=O)NN=Cc2ccc(C(C)C)cc2)c2ccccc2n1. The Kier molecular flexibility index (Phi) is 4.89. The van der Waals surface area contributed by atoms with E-state index in [-0.39, 0.29) is 5.91 Å². The molecule has 0 unspecified atom stereocenters. The van der Waals surface area contributed by atoms with E-state index in [4.69, 9.17) is 0 Å². The fraction of sp³-hybridized carbons (Fsp3) is 0.190. The Morgan fingerprint density at radius 1 is 1.12 bits per heavy atom. The third-order valence-corrected chi connectivity index (χ3v) is 4.07. The number of aryl methyl sites for hydroxylation is 1. The second kappa shape index (κ2) is 7.26. The van der Waals surface area contributed by atoms with Crippen molar-refractivity contribution in [3.63, 3.8) is 0 Å². The van der Waals surface area contributed by atoms with Gasteiger partial charge in [-0.15, -0.1) is 0 Å². The number of benzene rings is 2. The van der Waals surface area contributed by atoms with E-state index in [0.29, 0.717) is 11.5 Å². The van der Waals surface area contributed by atoms with Crippen LogP contribution in [0.2, 0.25) is 0 Å². The summed E-state index contributed by atoms with van der Waals surface area (Å²) in [6.07, 6.45) is 1.65. The van der Waals surface area contributed by atoms with Crippen molar-refractivity contribution >= 4 is 23.0 Å². The quantitative estimate of drug-likeness (QED) is 0.568. The maximum Gasteiger partial charge on any atom is 0.272 e. The van der Waals surface area contributed by atoms with E-state index in [1.165, 1.54) is 5.56 Å². The largest absolute Gasteiger partial charge is 0.272 e. The van der Waals surface area contributed by atoms with E-state index < -0.39 is 0 Å². The number of aromatic nitrogens is 1. The first kappa shape index (κ1) is 16.8. The average molecular weight is 331 g/mol. The molecule has 3 aromatic rings. The number of rotatable bonds is 4. The minimum atomic E-state index is -0.239. The number of pyridine rings is 1. The molecule has 0 saturated carbocycles. The Hall–Kier alpha value is -3.01. The van der Waals surface area contributed by atoms with Gasteiger partial charge < -0.3 is 0 Å². The van der Waals surface area contributed by atoms with Crippen LogP contribution in [-0.4, -0.2) is 17.1 Å². The van der Waals surface area contributed by atoms with Gasteiger partial charge in [-0.1, -0.05) is 56.3 Å². The summed E-state index contributed by atoms with van der Waals surface area (Å²) < 4.78 is 0. The first-order valence-electron chi connectivity index (χ1n) is 8.34. The maximum atomic E-state index is 12.5. The highest BCUT2D eigenvalue weighted by Crippen LogP contribution is 2.18. The van der Waals surface area contributed by atoms with Crippen molar-refractivity contribution in [3.8, 4) is 0 Å². The molecule has 4 nitrogen and oxygen atoms in total. The second-order valence-corrected chi connectivity index (χ2v) is 6.35. The van der Waals surface area contributed by atoms with Crippen molar-refractivity contribution in [1.82, 2.24) is 10.4 Å². The number of nitrogens with zero attached hydrogens (tertiary/aromatic N) is 2. The van der Waals surface area contributed by atoms with E-state index in [1.54, 1.807) is 12.3 Å². The van der Waals surface area contributed by atoms with E-state index in [0.717, 1.165) is 22.2 Å². The van der Waals surface area contributed by atoms with Gasteiger partial charge in [0.1, 0.15) is 0 Å². The summed E-state index contributed by atoms with van der Waals surface area (Å²) in [7, 11) is 0. The van der Waals surface area contributed by atoms with Crippen molar-refractivity contribution in [3.05, 3.63) is 77.0 Å². The van der Waals surface area contributed by atoms with Crippen molar-refractivity contribution in [1.29, 1.82) is 0 Å². The number of hydrogen-bond donors (Lipinski definition) is 1. The van der Waals surface area contributed by atoms with Crippen molar-refractivity contribution in [2.75, 3.05) is 0 Å². The smallest absolute Gasteiger partial charge is 0.267 e. The third kappa shape index (κ3) is 3.91. The standard InChI is InChI=1S/C21H21N3O/c1-14(2)17-10-8-16(9-11-17)13-22-24-21(25)19-12-15(3)23-20-7-5-4-6-18(19)20/h4-14H,1-3H3,(H,24,25). The minimum absolute atomic E-state index is 0.239. The van der Waals surface area contributed by atoms with Gasteiger partial charge in [0.15, 0.2) is 0 Å². The Morgan fingerprint density at radius 3 is 2.56 bits per heavy atom. The number of amides is 1. The third-order valence-electron chi connectivity index (χ3n) is 4.07. The first-order valence-corrected chi connectivity index (χ1v) is 8.34. The Bertz CT molecular complexity index is 928. The minimum Gasteiger partial charge on any atom is -0.267 e. The Morgan fingerprint density at radius 2 is 1.84 bits per heavy atom. The van der Waals surface area contributed by atoms with E-state index >= 15 is 0 Å². The molecule has 25 heavy (non-hydrogen) atoms. The highest BCUT2D eigenvalue weighted by Gasteiger charge is 2.10. The van der Waals surface area contributed by atoms with Gasteiger partial charge in [-0.3, -0.25) is 9.78 Å². The van der Waals surface area contributed by atoms with Crippen LogP contribution < -0.4 is 5.43 Å². The summed E-state index contributed by atoms with van der Waals surface area (Å²) >= 11 is 0. The number of carbonyl (C=O) groups excluding carboxylic acids is 1. The maximum absolute atomic E-state index is 12.5. The predicted octanol–water partition coefficient (Wildman–Crippen LogP) is 4.43. The first-order chi connectivity index (χ1) is 12.0. The molecule has 3 rings (SSSR count). The summed E-state index contributed by atoms with van der Waals surface area (Å²) in [4.78, 5) is 16.9. The number of fused-ring (bicyclic) bond motifs is 1. The van der Waals surface area contributed by atoms with Crippen LogP contribution in [-0.2, 0) is 0 Å². The highest BCUT2D eigenvalue weighted by molar-refractivity contribution is 6.06. The lowest BCUT2D eigenvalue weighted by atomic mass is 10.0. The predicted molar refractivity (Wildman–Crippen MR) is 102 cm³/mol. The van der Waals surface area contributed by atoms with Gasteiger partial charge in [0, 0.05) is 11.1 Å². The molecule has 126 valence electrons. The van der Waals surface area contributed by atoms with Gasteiger partial charge in [-0.25, -0.2) is 5.43 Å². The Balaban J connectivity index is 1.76. The number of para-hydroxylation sites is 1. The number of carbonyl (C=O) groups is 1. The normalized spacial score (nSPS) is 11.4. The van der Waals surface area contributed by atoms with Crippen LogP contribution in [0.3, 0.4) is 0 Å². The van der Waals surface area contributed by atoms with E-state index in [1.807, 2.05) is 43.3 Å². The molecule has 0 atom stereocenters. The lowest BCUT2D eigenvalue weighted by Crippen LogP contribution is -2.18. The van der Waals surface area contributed by atoms with E-state index in [9.17, 15) is 4.79 Å². The summed E-state index contributed by atoms with van der Waals surface area (Å²) in [6.45, 7) is 6.19. The summed E-state index contributed by atoms with van der Waals surface area (Å²) in [5, 5.41) is 4.91. The fourth-order valence-electron chi connectivity index (χ4n) is 2.69. The monoisotopic (exact) mass is 331 g/mol. The van der Waals surface area contributed by atoms with Crippen LogP contribution in [0.4, 0.5) is 0 Å². The molecule has 0 aliphatic carbocycles. The van der Waals surface area contributed by atoms with Crippen molar-refractivity contribution in [2.24, 2.45) is 5.10 Å². The molecule has 1 amide bonds. The van der Waals surface area contributed by atoms with Crippen molar-refractivity contribution in [2.45, 2.75) is 26.7 Å². The molecule has 0 fully saturated rings. The Labute approximate surface area is 147 Å². The zero-order valence-electron chi connectivity index (χ0n) is 14.7. The van der Waals surface area contributed by atoms with Crippen LogP contribution in [0.5, 0.6) is 0 Å². The van der Waals surface area contributed by atoms with Crippen molar-refractivity contribution < 1.29 is 4.79 Å². The molecule has 2 aromatic carbocycles. The zero-order chi connectivity index (χ0) is 17.8. The molecular weight excluding hydrogens is 310 g/mol. The number of nitrogens with one attached hydrogen (secondary N) is 1. The van der Waals surface area contributed by atoms with Crippen LogP contribution in [0, 0.1) is 6.92 Å². The molecule has 1 N–H and O–H groups in total. The van der Waals surface area contributed by atoms with Gasteiger partial charge >= 0.3 is 0 Å². The van der Waals surface area contributed by atoms with Gasteiger partial charge in [0.25, 0.3) is 5.91 Å². The van der Waals surface area contributed by atoms with Gasteiger partial charge in [0.05, 0.1) is 17.3 Å². The molecule has 0 radical (unpaired) electrons. The molecular formula is C21H21N3O. The number of hydrogen-bond acceptors (Lipinski definition) is 3. The van der Waals surface area contributed by atoms with Crippen LogP contribution in [0.25, 0.3) is 10.9 Å².